The number of methoxy groups -OCH3 is 1. The molecule has 1 saturated heterocycles. The summed E-state index contributed by atoms with van der Waals surface area (Å²) < 4.78 is 5.39. The lowest BCUT2D eigenvalue weighted by atomic mass is 9.91. The molecule has 1 aromatic heterocycles. The van der Waals surface area contributed by atoms with Gasteiger partial charge in [0.05, 0.1) is 7.11 Å². The second-order valence-corrected chi connectivity index (χ2v) is 7.83. The molecule has 0 aliphatic carbocycles. The van der Waals surface area contributed by atoms with Crippen molar-refractivity contribution in [2.45, 2.75) is 39.5 Å². The fourth-order valence-corrected chi connectivity index (χ4v) is 3.58. The van der Waals surface area contributed by atoms with Crippen molar-refractivity contribution >= 4 is 28.5 Å². The van der Waals surface area contributed by atoms with Crippen LogP contribution in [-0.2, 0) is 0 Å². The minimum Gasteiger partial charge on any atom is -0.494 e. The van der Waals surface area contributed by atoms with E-state index in [0.717, 1.165) is 25.0 Å². The van der Waals surface area contributed by atoms with Gasteiger partial charge in [0.1, 0.15) is 17.1 Å². The first kappa shape index (κ1) is 19.4. The summed E-state index contributed by atoms with van der Waals surface area (Å²) in [5.74, 6) is 1.83. The van der Waals surface area contributed by atoms with Gasteiger partial charge in [-0.3, -0.25) is 0 Å². The van der Waals surface area contributed by atoms with Crippen molar-refractivity contribution in [3.63, 3.8) is 0 Å². The second-order valence-electron chi connectivity index (χ2n) is 7.83. The van der Waals surface area contributed by atoms with E-state index in [2.05, 4.69) is 33.7 Å². The molecular weight excluding hydrogens is 340 g/mol. The lowest BCUT2D eigenvalue weighted by molar-refractivity contribution is 0.226. The lowest BCUT2D eigenvalue weighted by Gasteiger charge is -2.31. The van der Waals surface area contributed by atoms with Gasteiger partial charge in [-0.2, -0.15) is 4.98 Å². The van der Waals surface area contributed by atoms with E-state index in [1.807, 2.05) is 18.2 Å². The minimum atomic E-state index is -0.269. The summed E-state index contributed by atoms with van der Waals surface area (Å²) in [6.07, 6.45) is 5.13. The fraction of sp³-hybridized carbons (Fsp3) is 0.550. The molecule has 2 heterocycles. The van der Waals surface area contributed by atoms with Crippen LogP contribution in [0.4, 0.5) is 11.8 Å². The molecule has 146 valence electrons. The first-order valence-electron chi connectivity index (χ1n) is 9.58. The summed E-state index contributed by atoms with van der Waals surface area (Å²) in [6.45, 7) is 7.38. The number of fused-ring (bicyclic) bond motifs is 1. The molecule has 1 aliphatic heterocycles. The number of aromatic nitrogens is 2. The molecule has 0 bridgehead atoms. The van der Waals surface area contributed by atoms with Crippen molar-refractivity contribution in [2.75, 3.05) is 32.5 Å². The Morgan fingerprint density at radius 3 is 2.56 bits per heavy atom. The van der Waals surface area contributed by atoms with Gasteiger partial charge in [0, 0.05) is 17.3 Å². The van der Waals surface area contributed by atoms with Gasteiger partial charge in [0.15, 0.2) is 5.82 Å². The van der Waals surface area contributed by atoms with Gasteiger partial charge in [-0.05, 0) is 38.1 Å². The Labute approximate surface area is 160 Å². The zero-order chi connectivity index (χ0) is 19.4. The van der Waals surface area contributed by atoms with Crippen LogP contribution in [0, 0.1) is 5.41 Å². The minimum absolute atomic E-state index is 0.156. The van der Waals surface area contributed by atoms with Crippen molar-refractivity contribution in [1.82, 2.24) is 14.9 Å². The largest absolute Gasteiger partial charge is 0.494 e. The number of rotatable bonds is 5. The van der Waals surface area contributed by atoms with Gasteiger partial charge < -0.3 is 21.1 Å². The van der Waals surface area contributed by atoms with Gasteiger partial charge in [-0.15, -0.1) is 0 Å². The first-order chi connectivity index (χ1) is 12.9. The van der Waals surface area contributed by atoms with E-state index >= 15 is 0 Å². The average molecular weight is 371 g/mol. The molecule has 7 heteroatoms. The van der Waals surface area contributed by atoms with E-state index in [1.165, 1.54) is 25.7 Å². The van der Waals surface area contributed by atoms with Gasteiger partial charge in [0.25, 0.3) is 0 Å². The Bertz CT molecular complexity index is 825. The Balaban J connectivity index is 1.92. The number of nitrogen functional groups attached to an aromatic ring is 1. The number of ether oxygens (including phenoxy) is 1. The Morgan fingerprint density at radius 2 is 1.89 bits per heavy atom. The van der Waals surface area contributed by atoms with Crippen LogP contribution in [0.5, 0.6) is 5.75 Å². The average Bonchev–Trinajstić information content (AvgIpc) is 2.89. The Hall–Kier alpha value is -2.41. The third kappa shape index (κ3) is 4.47. The molecule has 7 nitrogen and oxygen atoms in total. The predicted molar refractivity (Wildman–Crippen MR) is 110 cm³/mol. The van der Waals surface area contributed by atoms with E-state index in [0.29, 0.717) is 22.9 Å². The van der Waals surface area contributed by atoms with E-state index in [-0.39, 0.29) is 11.4 Å². The third-order valence-corrected chi connectivity index (χ3v) is 5.14. The number of hydrogen-bond acceptors (Lipinski definition) is 6. The number of aliphatic imine (C=N–C) groups is 1. The predicted octanol–water partition coefficient (Wildman–Crippen LogP) is 3.11. The van der Waals surface area contributed by atoms with E-state index in [4.69, 9.17) is 16.2 Å². The molecule has 0 spiro atoms. The molecule has 0 unspecified atom stereocenters. The number of likely N-dealkylation sites (tertiary alicyclic amines) is 1. The first-order valence-corrected chi connectivity index (χ1v) is 9.58. The summed E-state index contributed by atoms with van der Waals surface area (Å²) in [6, 6.07) is 5.64. The van der Waals surface area contributed by atoms with Crippen LogP contribution in [-0.4, -0.2) is 47.4 Å². The maximum Gasteiger partial charge on any atom is 0.222 e. The van der Waals surface area contributed by atoms with E-state index in [9.17, 15) is 0 Å². The van der Waals surface area contributed by atoms with Gasteiger partial charge in [-0.25, -0.2) is 9.98 Å². The molecule has 0 saturated carbocycles. The van der Waals surface area contributed by atoms with Crippen LogP contribution in [0.1, 0.15) is 39.5 Å². The number of para-hydroxylation sites is 1. The van der Waals surface area contributed by atoms with Gasteiger partial charge >= 0.3 is 0 Å². The van der Waals surface area contributed by atoms with Gasteiger partial charge in [0.2, 0.25) is 5.95 Å². The highest BCUT2D eigenvalue weighted by Crippen LogP contribution is 2.31. The van der Waals surface area contributed by atoms with E-state index in [1.54, 1.807) is 7.11 Å². The molecule has 2 aromatic rings. The number of nitrogens with two attached hydrogens (primary N) is 2. The summed E-state index contributed by atoms with van der Waals surface area (Å²) in [4.78, 5) is 15.8. The highest BCUT2D eigenvalue weighted by molar-refractivity contribution is 5.96. The van der Waals surface area contributed by atoms with Crippen LogP contribution in [0.2, 0.25) is 0 Å². The second kappa shape index (κ2) is 8.08. The zero-order valence-electron chi connectivity index (χ0n) is 16.5. The highest BCUT2D eigenvalue weighted by atomic mass is 16.5. The van der Waals surface area contributed by atoms with Crippen molar-refractivity contribution < 1.29 is 4.74 Å². The summed E-state index contributed by atoms with van der Waals surface area (Å²) in [7, 11) is 1.61. The van der Waals surface area contributed by atoms with Crippen LogP contribution in [0.15, 0.2) is 23.2 Å². The third-order valence-electron chi connectivity index (χ3n) is 5.14. The smallest absolute Gasteiger partial charge is 0.222 e. The molecule has 0 atom stereocenters. The molecule has 0 amide bonds. The number of nitrogens with zero attached hydrogens (tertiary/aromatic N) is 4. The molecular formula is C20H30N6O. The number of hydrogen-bond donors (Lipinski definition) is 2. The van der Waals surface area contributed by atoms with Crippen LogP contribution >= 0.6 is 0 Å². The molecule has 1 aromatic carbocycles. The molecule has 3 rings (SSSR count). The standard InChI is InChI=1S/C20H30N6O/c1-20(2,13-26-11-6-4-5-7-12-26)18(21)24-17-14-9-8-10-15(27-3)16(14)23-19(22)25-17/h8-10H,4-7,11-13H2,1-3H3,(H4,21,22,23,24,25). The topological polar surface area (TPSA) is 103 Å². The van der Waals surface area contributed by atoms with Crippen molar-refractivity contribution in [3.05, 3.63) is 18.2 Å². The molecule has 4 N–H and O–H groups in total. The summed E-state index contributed by atoms with van der Waals surface area (Å²) >= 11 is 0. The van der Waals surface area contributed by atoms with Crippen LogP contribution < -0.4 is 16.2 Å². The normalized spacial score (nSPS) is 17.1. The monoisotopic (exact) mass is 370 g/mol. The van der Waals surface area contributed by atoms with E-state index < -0.39 is 0 Å². The zero-order valence-corrected chi connectivity index (χ0v) is 16.5. The maximum absolute atomic E-state index is 6.44. The van der Waals surface area contributed by atoms with Crippen molar-refractivity contribution in [3.8, 4) is 5.75 Å². The molecule has 27 heavy (non-hydrogen) atoms. The highest BCUT2D eigenvalue weighted by Gasteiger charge is 2.27. The maximum atomic E-state index is 6.44. The van der Waals surface area contributed by atoms with Crippen LogP contribution in [0.25, 0.3) is 10.9 Å². The summed E-state index contributed by atoms with van der Waals surface area (Å²) in [5.41, 5.74) is 12.7. The lowest BCUT2D eigenvalue weighted by Crippen LogP contribution is -2.43. The number of anilines is 1. The summed E-state index contributed by atoms with van der Waals surface area (Å²) in [5, 5.41) is 0.775. The molecule has 1 aliphatic rings. The number of amidine groups is 1. The molecule has 1 fully saturated rings. The number of benzene rings is 1. The quantitative estimate of drug-likeness (QED) is 0.619. The van der Waals surface area contributed by atoms with Gasteiger partial charge in [-0.1, -0.05) is 32.8 Å². The SMILES string of the molecule is COc1cccc2c(N=C(N)C(C)(C)CN3CCCCCC3)nc(N)nc12. The molecule has 0 radical (unpaired) electrons. The Morgan fingerprint density at radius 1 is 1.19 bits per heavy atom. The van der Waals surface area contributed by atoms with Crippen LogP contribution in [0.3, 0.4) is 0 Å². The van der Waals surface area contributed by atoms with Crippen molar-refractivity contribution in [2.24, 2.45) is 16.1 Å². The Kier molecular flexibility index (Phi) is 5.79. The van der Waals surface area contributed by atoms with Crippen molar-refractivity contribution in [1.29, 1.82) is 0 Å². The fourth-order valence-electron chi connectivity index (χ4n) is 3.58.